The second kappa shape index (κ2) is 8.05. The summed E-state index contributed by atoms with van der Waals surface area (Å²) in [5.41, 5.74) is 4.04. The van der Waals surface area contributed by atoms with Crippen molar-refractivity contribution in [3.05, 3.63) is 53.0 Å². The summed E-state index contributed by atoms with van der Waals surface area (Å²) in [4.78, 5) is 19.7. The maximum Gasteiger partial charge on any atom is 0.278 e. The second-order valence-electron chi connectivity index (χ2n) is 8.42. The molecule has 3 heterocycles. The third kappa shape index (κ3) is 3.64. The number of nitrogens with zero attached hydrogens (tertiary/aromatic N) is 5. The van der Waals surface area contributed by atoms with E-state index in [1.165, 1.54) is 19.3 Å². The predicted molar refractivity (Wildman–Crippen MR) is 111 cm³/mol. The van der Waals surface area contributed by atoms with Crippen LogP contribution in [0, 0.1) is 5.92 Å². The van der Waals surface area contributed by atoms with E-state index in [0.29, 0.717) is 36.3 Å². The maximum atomic E-state index is 13.1. The number of rotatable bonds is 4. The SMILES string of the molecule is Cn1nc(-c2nc(Cc3ccccc3)no2)c2c1CCN(C(=O)C1CCCCC1)C2. The first-order valence-electron chi connectivity index (χ1n) is 10.9. The van der Waals surface area contributed by atoms with E-state index in [1.54, 1.807) is 0 Å². The Morgan fingerprint density at radius 1 is 1.17 bits per heavy atom. The Morgan fingerprint density at radius 2 is 1.97 bits per heavy atom. The summed E-state index contributed by atoms with van der Waals surface area (Å²) in [5, 5.41) is 8.83. The molecule has 1 aromatic carbocycles. The summed E-state index contributed by atoms with van der Waals surface area (Å²) in [6.07, 6.45) is 7.06. The number of benzene rings is 1. The highest BCUT2D eigenvalue weighted by Gasteiger charge is 2.32. The number of aromatic nitrogens is 4. The lowest BCUT2D eigenvalue weighted by Gasteiger charge is -2.32. The lowest BCUT2D eigenvalue weighted by molar-refractivity contribution is -0.137. The number of hydrogen-bond acceptors (Lipinski definition) is 5. The van der Waals surface area contributed by atoms with Gasteiger partial charge in [0.1, 0.15) is 0 Å². The van der Waals surface area contributed by atoms with Gasteiger partial charge in [0.2, 0.25) is 5.91 Å². The molecule has 0 atom stereocenters. The zero-order valence-corrected chi connectivity index (χ0v) is 17.4. The lowest BCUT2D eigenvalue weighted by atomic mass is 9.87. The molecular formula is C23H27N5O2. The van der Waals surface area contributed by atoms with Crippen LogP contribution < -0.4 is 0 Å². The molecule has 1 aliphatic carbocycles. The van der Waals surface area contributed by atoms with Gasteiger partial charge in [-0.05, 0) is 18.4 Å². The number of hydrogen-bond donors (Lipinski definition) is 0. The van der Waals surface area contributed by atoms with Crippen molar-refractivity contribution in [3.63, 3.8) is 0 Å². The number of fused-ring (bicyclic) bond motifs is 1. The van der Waals surface area contributed by atoms with Crippen molar-refractivity contribution in [2.45, 2.75) is 51.5 Å². The van der Waals surface area contributed by atoms with Crippen LogP contribution in [0.15, 0.2) is 34.9 Å². The van der Waals surface area contributed by atoms with Gasteiger partial charge < -0.3 is 9.42 Å². The summed E-state index contributed by atoms with van der Waals surface area (Å²) < 4.78 is 7.47. The molecule has 1 saturated carbocycles. The number of carbonyl (C=O) groups is 1. The molecule has 0 saturated heterocycles. The molecule has 0 bridgehead atoms. The van der Waals surface area contributed by atoms with Gasteiger partial charge in [0.25, 0.3) is 5.89 Å². The van der Waals surface area contributed by atoms with E-state index in [2.05, 4.69) is 15.2 Å². The van der Waals surface area contributed by atoms with Crippen LogP contribution in [0.4, 0.5) is 0 Å². The zero-order valence-electron chi connectivity index (χ0n) is 17.4. The van der Waals surface area contributed by atoms with Crippen LogP contribution in [0.5, 0.6) is 0 Å². The first kappa shape index (κ1) is 19.0. The molecule has 0 unspecified atom stereocenters. The van der Waals surface area contributed by atoms with Crippen LogP contribution in [-0.4, -0.2) is 37.3 Å². The van der Waals surface area contributed by atoms with Crippen LogP contribution in [0.3, 0.4) is 0 Å². The van der Waals surface area contributed by atoms with Crippen molar-refractivity contribution in [2.75, 3.05) is 6.54 Å². The van der Waals surface area contributed by atoms with Crippen molar-refractivity contribution < 1.29 is 9.32 Å². The summed E-state index contributed by atoms with van der Waals surface area (Å²) in [6, 6.07) is 10.1. The molecule has 2 aromatic heterocycles. The minimum atomic E-state index is 0.182. The fraction of sp³-hybridized carbons (Fsp3) is 0.478. The second-order valence-corrected chi connectivity index (χ2v) is 8.42. The van der Waals surface area contributed by atoms with Crippen LogP contribution in [0.1, 0.15) is 54.7 Å². The average molecular weight is 406 g/mol. The van der Waals surface area contributed by atoms with Gasteiger partial charge in [-0.3, -0.25) is 9.48 Å². The van der Waals surface area contributed by atoms with Gasteiger partial charge >= 0.3 is 0 Å². The molecule has 30 heavy (non-hydrogen) atoms. The molecule has 0 N–H and O–H groups in total. The smallest absolute Gasteiger partial charge is 0.278 e. The largest absolute Gasteiger partial charge is 0.338 e. The van der Waals surface area contributed by atoms with Gasteiger partial charge in [-0.15, -0.1) is 0 Å². The van der Waals surface area contributed by atoms with Gasteiger partial charge in [-0.1, -0.05) is 54.8 Å². The topological polar surface area (TPSA) is 77.1 Å². The van der Waals surface area contributed by atoms with Gasteiger partial charge in [-0.25, -0.2) is 0 Å². The highest BCUT2D eigenvalue weighted by Crippen LogP contribution is 2.32. The Labute approximate surface area is 176 Å². The normalized spacial score (nSPS) is 17.2. The van der Waals surface area contributed by atoms with Crippen molar-refractivity contribution in [2.24, 2.45) is 13.0 Å². The minimum Gasteiger partial charge on any atom is -0.338 e. The van der Waals surface area contributed by atoms with Crippen molar-refractivity contribution in [3.8, 4) is 11.6 Å². The molecule has 0 radical (unpaired) electrons. The Balaban J connectivity index is 1.37. The Morgan fingerprint density at radius 3 is 2.77 bits per heavy atom. The predicted octanol–water partition coefficient (Wildman–Crippen LogP) is 3.53. The van der Waals surface area contributed by atoms with E-state index < -0.39 is 0 Å². The highest BCUT2D eigenvalue weighted by atomic mass is 16.5. The minimum absolute atomic E-state index is 0.182. The van der Waals surface area contributed by atoms with Crippen molar-refractivity contribution in [1.82, 2.24) is 24.8 Å². The van der Waals surface area contributed by atoms with Gasteiger partial charge in [-0.2, -0.15) is 10.1 Å². The van der Waals surface area contributed by atoms with Crippen molar-refractivity contribution in [1.29, 1.82) is 0 Å². The monoisotopic (exact) mass is 405 g/mol. The number of amides is 1. The molecule has 5 rings (SSSR count). The van der Waals surface area contributed by atoms with Gasteiger partial charge in [0.15, 0.2) is 11.5 Å². The fourth-order valence-corrected chi connectivity index (χ4v) is 4.76. The summed E-state index contributed by atoms with van der Waals surface area (Å²) in [5.74, 6) is 1.55. The maximum absolute atomic E-state index is 13.1. The molecule has 7 heteroatoms. The standard InChI is InChI=1S/C23H27N5O2/c1-27-19-12-13-28(23(29)17-10-6-3-7-11-17)15-18(19)21(25-27)22-24-20(26-30-22)14-16-8-4-2-5-9-16/h2,4-5,8-9,17H,3,6-7,10-15H2,1H3. The van der Waals surface area contributed by atoms with E-state index in [0.717, 1.165) is 42.6 Å². The van der Waals surface area contributed by atoms with Gasteiger partial charge in [0.05, 0.1) is 0 Å². The summed E-state index contributed by atoms with van der Waals surface area (Å²) in [6.45, 7) is 1.33. The summed E-state index contributed by atoms with van der Waals surface area (Å²) in [7, 11) is 1.95. The van der Waals surface area contributed by atoms with Crippen LogP contribution in [0.2, 0.25) is 0 Å². The average Bonchev–Trinajstić information content (AvgIpc) is 3.38. The van der Waals surface area contributed by atoms with Gasteiger partial charge in [0, 0.05) is 50.2 Å². The van der Waals surface area contributed by atoms with Crippen LogP contribution in [0.25, 0.3) is 11.6 Å². The van der Waals surface area contributed by atoms with E-state index in [9.17, 15) is 4.79 Å². The highest BCUT2D eigenvalue weighted by molar-refractivity contribution is 5.79. The number of carbonyl (C=O) groups excluding carboxylic acids is 1. The van der Waals surface area contributed by atoms with Crippen molar-refractivity contribution >= 4 is 5.91 Å². The van der Waals surface area contributed by atoms with E-state index in [1.807, 2.05) is 47.0 Å². The van der Waals surface area contributed by atoms with E-state index >= 15 is 0 Å². The first-order valence-corrected chi connectivity index (χ1v) is 10.9. The Hall–Kier alpha value is -2.96. The Kier molecular flexibility index (Phi) is 5.11. The van der Waals surface area contributed by atoms with E-state index in [-0.39, 0.29) is 5.92 Å². The molecule has 1 amide bonds. The zero-order chi connectivity index (χ0) is 20.5. The van der Waals surface area contributed by atoms with Crippen LogP contribution in [-0.2, 0) is 31.2 Å². The molecule has 156 valence electrons. The first-order chi connectivity index (χ1) is 14.7. The third-order valence-corrected chi connectivity index (χ3v) is 6.38. The van der Waals surface area contributed by atoms with Crippen LogP contribution >= 0.6 is 0 Å². The molecule has 2 aliphatic rings. The molecule has 1 fully saturated rings. The molecule has 7 nitrogen and oxygen atoms in total. The van der Waals surface area contributed by atoms with E-state index in [4.69, 9.17) is 4.52 Å². The number of aryl methyl sites for hydroxylation is 1. The summed E-state index contributed by atoms with van der Waals surface area (Å²) >= 11 is 0. The Bertz CT molecular complexity index is 1030. The molecule has 1 aliphatic heterocycles. The lowest BCUT2D eigenvalue weighted by Crippen LogP contribution is -2.40. The fourth-order valence-electron chi connectivity index (χ4n) is 4.76. The molecule has 3 aromatic rings. The molecule has 0 spiro atoms. The third-order valence-electron chi connectivity index (χ3n) is 6.38. The quantitative estimate of drug-likeness (QED) is 0.664. The molecular weight excluding hydrogens is 378 g/mol.